The average Bonchev–Trinajstić information content (AvgIpc) is 2.86. The van der Waals surface area contributed by atoms with Crippen molar-refractivity contribution in [2.45, 2.75) is 44.7 Å². The topological polar surface area (TPSA) is 41.8 Å². The summed E-state index contributed by atoms with van der Waals surface area (Å²) in [5.41, 5.74) is 2.08. The minimum Gasteiger partial charge on any atom is -0.287 e. The molecule has 1 saturated carbocycles. The van der Waals surface area contributed by atoms with Gasteiger partial charge >= 0.3 is 0 Å². The van der Waals surface area contributed by atoms with Crippen LogP contribution in [0, 0.1) is 6.92 Å². The van der Waals surface area contributed by atoms with Gasteiger partial charge < -0.3 is 0 Å². The summed E-state index contributed by atoms with van der Waals surface area (Å²) < 4.78 is 0. The van der Waals surface area contributed by atoms with Gasteiger partial charge in [0.2, 0.25) is 5.78 Å². The second-order valence-corrected chi connectivity index (χ2v) is 6.61. The third-order valence-electron chi connectivity index (χ3n) is 4.21. The Balaban J connectivity index is 1.93. The molecule has 3 nitrogen and oxygen atoms in total. The molecule has 1 aromatic carbocycles. The molecule has 0 unspecified atom stereocenters. The van der Waals surface area contributed by atoms with E-state index in [1.165, 1.54) is 18.2 Å². The molecule has 1 aromatic rings. The maximum atomic E-state index is 12.7. The molecule has 0 bridgehead atoms. The average molecular weight is 300 g/mol. The van der Waals surface area contributed by atoms with Crippen LogP contribution in [0.4, 0.5) is 0 Å². The number of hydrogen-bond donors (Lipinski definition) is 0. The summed E-state index contributed by atoms with van der Waals surface area (Å²) in [6, 6.07) is 7.69. The number of benzene rings is 1. The highest BCUT2D eigenvalue weighted by Gasteiger charge is 2.39. The first-order valence-corrected chi connectivity index (χ1v) is 8.71. The van der Waals surface area contributed by atoms with Crippen molar-refractivity contribution < 1.29 is 4.79 Å². The number of nitrogens with zero attached hydrogens (tertiary/aromatic N) is 2. The zero-order valence-electron chi connectivity index (χ0n) is 12.6. The molecule has 110 valence electrons. The molecule has 0 amide bonds. The van der Waals surface area contributed by atoms with Crippen LogP contribution in [-0.2, 0) is 0 Å². The molecule has 0 saturated heterocycles. The van der Waals surface area contributed by atoms with Gasteiger partial charge in [-0.05, 0) is 38.9 Å². The number of hydrogen-bond acceptors (Lipinski definition) is 4. The summed E-state index contributed by atoms with van der Waals surface area (Å²) >= 11 is 1.53. The maximum absolute atomic E-state index is 12.7. The monoisotopic (exact) mass is 300 g/mol. The number of carbonyl (C=O) groups excluding carboxylic acids is 1. The van der Waals surface area contributed by atoms with Crippen LogP contribution in [-0.4, -0.2) is 28.5 Å². The Hall–Kier alpha value is -1.42. The number of aliphatic imine (C=N–C) groups is 2. The van der Waals surface area contributed by atoms with E-state index in [0.717, 1.165) is 36.3 Å². The molecule has 3 rings (SSSR count). The third-order valence-corrected chi connectivity index (χ3v) is 4.88. The van der Waals surface area contributed by atoms with Gasteiger partial charge in [0.1, 0.15) is 10.8 Å². The van der Waals surface area contributed by atoms with Gasteiger partial charge in [0.15, 0.2) is 5.66 Å². The van der Waals surface area contributed by atoms with Crippen LogP contribution in [0.15, 0.2) is 34.3 Å². The molecule has 1 fully saturated rings. The highest BCUT2D eigenvalue weighted by Crippen LogP contribution is 2.37. The van der Waals surface area contributed by atoms with Crippen molar-refractivity contribution in [2.75, 3.05) is 6.26 Å². The molecule has 2 aliphatic rings. The number of Topliss-reactive ketones (excluding diaryl/α,β-unsaturated/α-hetero) is 1. The van der Waals surface area contributed by atoms with Crippen LogP contribution in [0.1, 0.15) is 48.0 Å². The number of ketones is 1. The van der Waals surface area contributed by atoms with Gasteiger partial charge in [0.05, 0.1) is 0 Å². The van der Waals surface area contributed by atoms with Gasteiger partial charge in [0, 0.05) is 5.56 Å². The molecule has 21 heavy (non-hydrogen) atoms. The Bertz CT molecular complexity index is 610. The Kier molecular flexibility index (Phi) is 3.98. The van der Waals surface area contributed by atoms with Crippen molar-refractivity contribution in [1.29, 1.82) is 0 Å². The summed E-state index contributed by atoms with van der Waals surface area (Å²) in [4.78, 5) is 22.3. The second-order valence-electron chi connectivity index (χ2n) is 5.82. The van der Waals surface area contributed by atoms with Gasteiger partial charge in [-0.15, -0.1) is 11.8 Å². The van der Waals surface area contributed by atoms with Crippen molar-refractivity contribution >= 4 is 28.3 Å². The van der Waals surface area contributed by atoms with E-state index in [0.29, 0.717) is 11.3 Å². The lowest BCUT2D eigenvalue weighted by atomic mass is 9.90. The molecule has 0 radical (unpaired) electrons. The molecule has 1 aliphatic heterocycles. The van der Waals surface area contributed by atoms with Gasteiger partial charge in [0.25, 0.3) is 0 Å². The van der Waals surface area contributed by atoms with Gasteiger partial charge in [-0.3, -0.25) is 4.79 Å². The van der Waals surface area contributed by atoms with E-state index in [4.69, 9.17) is 9.98 Å². The summed E-state index contributed by atoms with van der Waals surface area (Å²) in [6.45, 7) is 2.02. The third kappa shape index (κ3) is 2.82. The molecular formula is C17H20N2OS. The predicted molar refractivity (Wildman–Crippen MR) is 89.7 cm³/mol. The quantitative estimate of drug-likeness (QED) is 0.773. The second kappa shape index (κ2) is 5.76. The molecule has 1 heterocycles. The fourth-order valence-corrected chi connectivity index (χ4v) is 3.59. The first-order chi connectivity index (χ1) is 10.1. The van der Waals surface area contributed by atoms with E-state index < -0.39 is 0 Å². The number of aryl methyl sites for hydroxylation is 1. The standard InChI is InChI=1S/C17H20N2OS/c1-12-6-8-13(9-7-12)15(20)14-16(21-2)19-17(18-14)10-4-3-5-11-17/h6-9H,3-5,10-11H2,1-2H3. The SMILES string of the molecule is CSC1=NC2(CCCCC2)N=C1C(=O)c1ccc(C)cc1. The van der Waals surface area contributed by atoms with Crippen LogP contribution in [0.2, 0.25) is 0 Å². The molecule has 0 atom stereocenters. The minimum atomic E-state index is -0.341. The van der Waals surface area contributed by atoms with E-state index in [1.54, 1.807) is 0 Å². The minimum absolute atomic E-state index is 0.00514. The molecule has 1 spiro atoms. The van der Waals surface area contributed by atoms with Crippen molar-refractivity contribution in [2.24, 2.45) is 9.98 Å². The van der Waals surface area contributed by atoms with E-state index in [1.807, 2.05) is 37.4 Å². The lowest BCUT2D eigenvalue weighted by molar-refractivity contribution is 0.106. The van der Waals surface area contributed by atoms with E-state index in [2.05, 4.69) is 0 Å². The zero-order valence-corrected chi connectivity index (χ0v) is 13.4. The highest BCUT2D eigenvalue weighted by molar-refractivity contribution is 8.15. The summed E-state index contributed by atoms with van der Waals surface area (Å²) in [5, 5.41) is 0.808. The Labute approximate surface area is 130 Å². The van der Waals surface area contributed by atoms with Crippen molar-refractivity contribution in [3.8, 4) is 0 Å². The van der Waals surface area contributed by atoms with E-state index in [9.17, 15) is 4.79 Å². The van der Waals surface area contributed by atoms with Crippen molar-refractivity contribution in [1.82, 2.24) is 0 Å². The molecule has 0 aromatic heterocycles. The van der Waals surface area contributed by atoms with Gasteiger partial charge in [-0.2, -0.15) is 0 Å². The van der Waals surface area contributed by atoms with Crippen molar-refractivity contribution in [3.63, 3.8) is 0 Å². The van der Waals surface area contributed by atoms with Gasteiger partial charge in [-0.1, -0.05) is 36.2 Å². The first kappa shape index (κ1) is 14.5. The summed E-state index contributed by atoms with van der Waals surface area (Å²) in [6.07, 6.45) is 7.48. The maximum Gasteiger partial charge on any atom is 0.213 e. The molecule has 0 N–H and O–H groups in total. The summed E-state index contributed by atoms with van der Waals surface area (Å²) in [5.74, 6) is 0.00514. The fourth-order valence-electron chi connectivity index (χ4n) is 3.00. The number of carbonyl (C=O) groups is 1. The van der Waals surface area contributed by atoms with Crippen molar-refractivity contribution in [3.05, 3.63) is 35.4 Å². The Morgan fingerprint density at radius 3 is 2.38 bits per heavy atom. The highest BCUT2D eigenvalue weighted by atomic mass is 32.2. The smallest absolute Gasteiger partial charge is 0.213 e. The van der Waals surface area contributed by atoms with Crippen LogP contribution >= 0.6 is 11.8 Å². The van der Waals surface area contributed by atoms with Crippen LogP contribution < -0.4 is 0 Å². The normalized spacial score (nSPS) is 20.3. The van der Waals surface area contributed by atoms with Crippen LogP contribution in [0.5, 0.6) is 0 Å². The molecule has 1 aliphatic carbocycles. The molecule has 4 heteroatoms. The lowest BCUT2D eigenvalue weighted by Crippen LogP contribution is -2.25. The number of rotatable bonds is 2. The number of thioether (sulfide) groups is 1. The Morgan fingerprint density at radius 2 is 1.76 bits per heavy atom. The van der Waals surface area contributed by atoms with E-state index >= 15 is 0 Å². The zero-order chi connectivity index (χ0) is 14.9. The molecular weight excluding hydrogens is 280 g/mol. The summed E-state index contributed by atoms with van der Waals surface area (Å²) in [7, 11) is 0. The van der Waals surface area contributed by atoms with Gasteiger partial charge in [-0.25, -0.2) is 9.98 Å². The van der Waals surface area contributed by atoms with E-state index in [-0.39, 0.29) is 11.4 Å². The predicted octanol–water partition coefficient (Wildman–Crippen LogP) is 4.05. The first-order valence-electron chi connectivity index (χ1n) is 7.49. The Morgan fingerprint density at radius 1 is 1.10 bits per heavy atom. The lowest BCUT2D eigenvalue weighted by Gasteiger charge is -2.27. The van der Waals surface area contributed by atoms with Crippen LogP contribution in [0.25, 0.3) is 0 Å². The van der Waals surface area contributed by atoms with Crippen LogP contribution in [0.3, 0.4) is 0 Å². The largest absolute Gasteiger partial charge is 0.287 e. The fraction of sp³-hybridized carbons (Fsp3) is 0.471.